The quantitative estimate of drug-likeness (QED) is 0.501. The zero-order chi connectivity index (χ0) is 22.4. The van der Waals surface area contributed by atoms with E-state index in [1.165, 1.54) is 15.8 Å². The van der Waals surface area contributed by atoms with Gasteiger partial charge < -0.3 is 16.0 Å². The number of nitrogens with two attached hydrogens (primary N) is 1. The van der Waals surface area contributed by atoms with Crippen LogP contribution < -0.4 is 11.1 Å². The van der Waals surface area contributed by atoms with Crippen molar-refractivity contribution in [3.63, 3.8) is 0 Å². The Labute approximate surface area is 191 Å². The van der Waals surface area contributed by atoms with Gasteiger partial charge in [-0.25, -0.2) is 0 Å². The number of likely N-dealkylation sites (N-methyl/N-ethyl adjacent to an activating group) is 1. The average molecular weight is 440 g/mol. The summed E-state index contributed by atoms with van der Waals surface area (Å²) >= 11 is 0. The van der Waals surface area contributed by atoms with E-state index in [4.69, 9.17) is 5.73 Å². The van der Waals surface area contributed by atoms with E-state index < -0.39 is 0 Å². The molecule has 0 atom stereocenters. The maximum absolute atomic E-state index is 6.20. The summed E-state index contributed by atoms with van der Waals surface area (Å²) in [6.07, 6.45) is 5.82. The number of nitrogen functional groups attached to an aromatic ring is 1. The summed E-state index contributed by atoms with van der Waals surface area (Å²) in [4.78, 5) is 11.3. The van der Waals surface area contributed by atoms with E-state index >= 15 is 0 Å². The van der Waals surface area contributed by atoms with Gasteiger partial charge in [0.05, 0.1) is 17.6 Å². The molecule has 0 saturated carbocycles. The fourth-order valence-electron chi connectivity index (χ4n) is 4.69. The second-order valence-corrected chi connectivity index (χ2v) is 8.74. The van der Waals surface area contributed by atoms with Crippen LogP contribution in [0.1, 0.15) is 28.8 Å². The Balaban J connectivity index is 1.29. The van der Waals surface area contributed by atoms with Crippen molar-refractivity contribution in [2.75, 3.05) is 24.6 Å². The molecule has 0 radical (unpaired) electrons. The summed E-state index contributed by atoms with van der Waals surface area (Å²) in [5.41, 5.74) is 14.0. The normalized spacial score (nSPS) is 15.3. The zero-order valence-corrected chi connectivity index (χ0v) is 18.5. The third-order valence-electron chi connectivity index (χ3n) is 6.36. The van der Waals surface area contributed by atoms with Gasteiger partial charge in [0.15, 0.2) is 5.82 Å². The van der Waals surface area contributed by atoms with Gasteiger partial charge in [0.25, 0.3) is 0 Å². The monoisotopic (exact) mass is 439 g/mol. The smallest absolute Gasteiger partial charge is 0.248 e. The van der Waals surface area contributed by atoms with Crippen LogP contribution in [0.25, 0.3) is 17.1 Å². The first-order valence-electron chi connectivity index (χ1n) is 11.3. The van der Waals surface area contributed by atoms with Gasteiger partial charge in [-0.2, -0.15) is 9.67 Å². The molecule has 3 aromatic heterocycles. The summed E-state index contributed by atoms with van der Waals surface area (Å²) in [6.45, 7) is 1.92. The Morgan fingerprint density at radius 3 is 2.82 bits per heavy atom. The lowest BCUT2D eigenvalue weighted by atomic mass is 10.0. The second-order valence-electron chi connectivity index (χ2n) is 8.74. The largest absolute Gasteiger partial charge is 0.368 e. The molecule has 9 heteroatoms. The van der Waals surface area contributed by atoms with E-state index in [-0.39, 0.29) is 5.95 Å². The summed E-state index contributed by atoms with van der Waals surface area (Å²) in [5, 5.41) is 16.8. The molecule has 2 aliphatic rings. The van der Waals surface area contributed by atoms with E-state index in [0.717, 1.165) is 67.0 Å². The van der Waals surface area contributed by atoms with Crippen LogP contribution in [-0.2, 0) is 25.8 Å². The molecule has 9 nitrogen and oxygen atoms in total. The molecule has 1 aliphatic carbocycles. The van der Waals surface area contributed by atoms with Crippen molar-refractivity contribution in [1.82, 2.24) is 34.8 Å². The fourth-order valence-corrected chi connectivity index (χ4v) is 4.69. The maximum atomic E-state index is 6.20. The van der Waals surface area contributed by atoms with Crippen molar-refractivity contribution in [3.8, 4) is 17.1 Å². The number of pyridine rings is 1. The van der Waals surface area contributed by atoms with Gasteiger partial charge in [-0.15, -0.1) is 15.3 Å². The summed E-state index contributed by atoms with van der Waals surface area (Å²) in [5.74, 6) is 1.23. The highest BCUT2D eigenvalue weighted by Crippen LogP contribution is 2.31. The molecule has 6 rings (SSSR count). The molecule has 4 aromatic rings. The van der Waals surface area contributed by atoms with Crippen LogP contribution in [0.2, 0.25) is 0 Å². The fraction of sp³-hybridized carbons (Fsp3) is 0.292. The first-order chi connectivity index (χ1) is 16.1. The highest BCUT2D eigenvalue weighted by Gasteiger charge is 2.19. The van der Waals surface area contributed by atoms with Crippen LogP contribution in [-0.4, -0.2) is 48.4 Å². The van der Waals surface area contributed by atoms with Crippen molar-refractivity contribution in [3.05, 3.63) is 65.0 Å². The molecule has 0 bridgehead atoms. The average Bonchev–Trinajstić information content (AvgIpc) is 3.08. The number of benzene rings is 1. The Morgan fingerprint density at radius 1 is 1.00 bits per heavy atom. The first kappa shape index (κ1) is 19.8. The number of nitrogens with zero attached hydrogens (tertiary/aromatic N) is 7. The zero-order valence-electron chi connectivity index (χ0n) is 18.5. The van der Waals surface area contributed by atoms with Crippen molar-refractivity contribution in [2.45, 2.75) is 32.2 Å². The van der Waals surface area contributed by atoms with E-state index in [0.29, 0.717) is 11.8 Å². The summed E-state index contributed by atoms with van der Waals surface area (Å²) < 4.78 is 1.53. The van der Waals surface area contributed by atoms with E-state index in [9.17, 15) is 0 Å². The third-order valence-corrected chi connectivity index (χ3v) is 6.36. The van der Waals surface area contributed by atoms with Crippen LogP contribution in [0, 0.1) is 0 Å². The standard InChI is InChI=1S/C24H25N9/c1-32-10-9-20-17(14-32)11-18(13-26-20)27-24-28-23(25)33(31-24)21-12-16-7-4-6-15-5-2-3-8-19(15)22(16)30-29-21/h2-3,5,8,11-13H,4,6-7,9-10,14H2,1H3,(H3,25,27,28,31). The van der Waals surface area contributed by atoms with Gasteiger partial charge in [-0.3, -0.25) is 4.98 Å². The van der Waals surface area contributed by atoms with Crippen molar-refractivity contribution in [1.29, 1.82) is 0 Å². The highest BCUT2D eigenvalue weighted by molar-refractivity contribution is 5.68. The Bertz CT molecular complexity index is 1340. The first-order valence-corrected chi connectivity index (χ1v) is 11.3. The maximum Gasteiger partial charge on any atom is 0.248 e. The molecule has 3 N–H and O–H groups in total. The van der Waals surface area contributed by atoms with Crippen molar-refractivity contribution < 1.29 is 0 Å². The van der Waals surface area contributed by atoms with Crippen LogP contribution in [0.3, 0.4) is 0 Å². The minimum atomic E-state index is 0.256. The predicted octanol–water partition coefficient (Wildman–Crippen LogP) is 2.92. The molecule has 0 saturated heterocycles. The molecular formula is C24H25N9. The van der Waals surface area contributed by atoms with Gasteiger partial charge in [0.2, 0.25) is 11.9 Å². The van der Waals surface area contributed by atoms with Gasteiger partial charge in [-0.05, 0) is 55.1 Å². The van der Waals surface area contributed by atoms with E-state index in [1.54, 1.807) is 0 Å². The van der Waals surface area contributed by atoms with Crippen molar-refractivity contribution >= 4 is 17.6 Å². The molecular weight excluding hydrogens is 414 g/mol. The van der Waals surface area contributed by atoms with Crippen LogP contribution in [0.5, 0.6) is 0 Å². The molecule has 1 aliphatic heterocycles. The number of nitrogens with one attached hydrogen (secondary N) is 1. The van der Waals surface area contributed by atoms with Crippen LogP contribution >= 0.6 is 0 Å². The molecule has 4 heterocycles. The Kier molecular flexibility index (Phi) is 4.76. The Morgan fingerprint density at radius 2 is 1.88 bits per heavy atom. The van der Waals surface area contributed by atoms with Gasteiger partial charge in [0.1, 0.15) is 0 Å². The molecule has 0 spiro atoms. The predicted molar refractivity (Wildman–Crippen MR) is 126 cm³/mol. The molecule has 0 fully saturated rings. The lowest BCUT2D eigenvalue weighted by Crippen LogP contribution is -2.27. The third kappa shape index (κ3) is 3.70. The number of hydrogen-bond donors (Lipinski definition) is 2. The number of aryl methyl sites for hydroxylation is 2. The molecule has 0 unspecified atom stereocenters. The van der Waals surface area contributed by atoms with Crippen LogP contribution in [0.15, 0.2) is 42.6 Å². The minimum absolute atomic E-state index is 0.256. The molecule has 166 valence electrons. The molecule has 1 aromatic carbocycles. The summed E-state index contributed by atoms with van der Waals surface area (Å²) in [7, 11) is 2.12. The van der Waals surface area contributed by atoms with E-state index in [1.807, 2.05) is 18.3 Å². The van der Waals surface area contributed by atoms with Gasteiger partial charge >= 0.3 is 0 Å². The summed E-state index contributed by atoms with van der Waals surface area (Å²) in [6, 6.07) is 12.5. The lowest BCUT2D eigenvalue weighted by Gasteiger charge is -2.24. The number of aromatic nitrogens is 6. The molecule has 33 heavy (non-hydrogen) atoms. The van der Waals surface area contributed by atoms with Gasteiger partial charge in [-0.1, -0.05) is 24.3 Å². The van der Waals surface area contributed by atoms with Crippen LogP contribution in [0.4, 0.5) is 17.6 Å². The highest BCUT2D eigenvalue weighted by atomic mass is 15.4. The number of anilines is 3. The minimum Gasteiger partial charge on any atom is -0.368 e. The molecule has 0 amide bonds. The van der Waals surface area contributed by atoms with Crippen molar-refractivity contribution in [2.24, 2.45) is 0 Å². The Hall–Kier alpha value is -3.85. The number of fused-ring (bicyclic) bond motifs is 4. The lowest BCUT2D eigenvalue weighted by molar-refractivity contribution is 0.310. The van der Waals surface area contributed by atoms with E-state index in [2.05, 4.69) is 66.8 Å². The number of hydrogen-bond acceptors (Lipinski definition) is 8. The van der Waals surface area contributed by atoms with Gasteiger partial charge in [0, 0.05) is 30.8 Å². The number of rotatable bonds is 3. The SMILES string of the molecule is CN1CCc2ncc(Nc3nc(N)n(-c4cc5c(nn4)-c4ccccc4CCC5)n3)cc2C1. The second kappa shape index (κ2) is 7.93. The topological polar surface area (TPSA) is 111 Å².